The number of ether oxygens (including phenoxy) is 1. The first kappa shape index (κ1) is 18.2. The van der Waals surface area contributed by atoms with Crippen LogP contribution in [0.15, 0.2) is 75.2 Å². The number of aromatic nitrogens is 3. The maximum absolute atomic E-state index is 12.9. The van der Waals surface area contributed by atoms with Crippen molar-refractivity contribution in [1.29, 1.82) is 0 Å². The molecule has 0 saturated heterocycles. The molecule has 0 fully saturated rings. The zero-order valence-corrected chi connectivity index (χ0v) is 16.9. The van der Waals surface area contributed by atoms with E-state index in [1.165, 1.54) is 4.68 Å². The van der Waals surface area contributed by atoms with E-state index >= 15 is 0 Å². The van der Waals surface area contributed by atoms with Crippen LogP contribution < -0.4 is 10.3 Å². The topological polar surface area (TPSA) is 61.4 Å². The van der Waals surface area contributed by atoms with Crippen LogP contribution in [0.5, 0.6) is 5.75 Å². The molecule has 0 spiro atoms. The van der Waals surface area contributed by atoms with Crippen LogP contribution in [0.1, 0.15) is 11.5 Å². The molecule has 2 heterocycles. The molecule has 0 unspecified atom stereocenters. The molecule has 0 amide bonds. The van der Waals surface area contributed by atoms with Crippen molar-refractivity contribution in [2.24, 2.45) is 5.10 Å². The number of benzene rings is 2. The molecule has 4 aromatic rings. The van der Waals surface area contributed by atoms with Crippen molar-refractivity contribution in [3.8, 4) is 11.4 Å². The van der Waals surface area contributed by atoms with Crippen LogP contribution in [-0.4, -0.2) is 27.6 Å². The Labute approximate surface area is 169 Å². The first-order valence-electron chi connectivity index (χ1n) is 8.62. The van der Waals surface area contributed by atoms with E-state index in [0.717, 1.165) is 21.6 Å². The number of hydrogen-bond donors (Lipinski definition) is 0. The Bertz CT molecular complexity index is 1240. The highest BCUT2D eigenvalue weighted by Crippen LogP contribution is 2.17. The van der Waals surface area contributed by atoms with E-state index in [0.29, 0.717) is 16.7 Å². The largest absolute Gasteiger partial charge is 0.497 e. The molecule has 0 N–H and O–H groups in total. The Morgan fingerprint density at radius 2 is 1.93 bits per heavy atom. The number of aryl methyl sites for hydroxylation is 1. The van der Waals surface area contributed by atoms with Crippen molar-refractivity contribution >= 4 is 33.0 Å². The summed E-state index contributed by atoms with van der Waals surface area (Å²) in [6.45, 7) is 1.77. The molecular formula is C21H17BrN4O2. The van der Waals surface area contributed by atoms with Crippen LogP contribution in [0, 0.1) is 6.92 Å². The van der Waals surface area contributed by atoms with Crippen LogP contribution in [-0.2, 0) is 0 Å². The molecule has 0 aliphatic rings. The van der Waals surface area contributed by atoms with Crippen LogP contribution in [0.3, 0.4) is 0 Å². The molecule has 2 aromatic heterocycles. The van der Waals surface area contributed by atoms with Crippen molar-refractivity contribution in [2.75, 3.05) is 7.11 Å². The minimum atomic E-state index is -0.206. The van der Waals surface area contributed by atoms with Crippen molar-refractivity contribution in [1.82, 2.24) is 14.2 Å². The molecule has 140 valence electrons. The van der Waals surface area contributed by atoms with Crippen LogP contribution >= 0.6 is 15.9 Å². The molecule has 4 rings (SSSR count). The molecule has 7 heteroatoms. The summed E-state index contributed by atoms with van der Waals surface area (Å²) in [5, 5.41) is 4.92. The van der Waals surface area contributed by atoms with Crippen molar-refractivity contribution in [3.63, 3.8) is 0 Å². The quantitative estimate of drug-likeness (QED) is 0.451. The zero-order chi connectivity index (χ0) is 19.7. The van der Waals surface area contributed by atoms with Gasteiger partial charge in [0.2, 0.25) is 0 Å². The summed E-state index contributed by atoms with van der Waals surface area (Å²) in [4.78, 5) is 17.3. The molecule has 0 aliphatic heterocycles. The first-order valence-corrected chi connectivity index (χ1v) is 9.41. The Morgan fingerprint density at radius 3 is 2.68 bits per heavy atom. The molecule has 6 nitrogen and oxygen atoms in total. The average molecular weight is 437 g/mol. The third-order valence-corrected chi connectivity index (χ3v) is 4.90. The van der Waals surface area contributed by atoms with E-state index in [1.807, 2.05) is 59.3 Å². The summed E-state index contributed by atoms with van der Waals surface area (Å²) >= 11 is 3.40. The SMILES string of the molecule is COc1ccc(-n2cccc2C=Nn2c(C)nc3ccc(Br)cc3c2=O)cc1. The Morgan fingerprint density at radius 1 is 1.14 bits per heavy atom. The normalized spacial score (nSPS) is 11.4. The predicted octanol–water partition coefficient (Wildman–Crippen LogP) is 4.15. The number of methoxy groups -OCH3 is 1. The lowest BCUT2D eigenvalue weighted by Gasteiger charge is -2.08. The Hall–Kier alpha value is -3.19. The van der Waals surface area contributed by atoms with E-state index in [2.05, 4.69) is 26.0 Å². The van der Waals surface area contributed by atoms with Crippen molar-refractivity contribution in [2.45, 2.75) is 6.92 Å². The number of hydrogen-bond acceptors (Lipinski definition) is 4. The first-order chi connectivity index (χ1) is 13.6. The summed E-state index contributed by atoms with van der Waals surface area (Å²) in [6.07, 6.45) is 3.60. The summed E-state index contributed by atoms with van der Waals surface area (Å²) in [6, 6.07) is 17.0. The maximum atomic E-state index is 12.9. The van der Waals surface area contributed by atoms with Gasteiger partial charge in [0.1, 0.15) is 11.6 Å². The molecule has 28 heavy (non-hydrogen) atoms. The number of nitrogens with zero attached hydrogens (tertiary/aromatic N) is 4. The van der Waals surface area contributed by atoms with E-state index < -0.39 is 0 Å². The summed E-state index contributed by atoms with van der Waals surface area (Å²) in [5.41, 5.74) is 2.25. The van der Waals surface area contributed by atoms with E-state index in [1.54, 1.807) is 26.3 Å². The van der Waals surface area contributed by atoms with Gasteiger partial charge in [0, 0.05) is 16.4 Å². The van der Waals surface area contributed by atoms with E-state index in [-0.39, 0.29) is 5.56 Å². The minimum Gasteiger partial charge on any atom is -0.497 e. The van der Waals surface area contributed by atoms with Gasteiger partial charge in [0.15, 0.2) is 0 Å². The van der Waals surface area contributed by atoms with Gasteiger partial charge >= 0.3 is 0 Å². The summed E-state index contributed by atoms with van der Waals surface area (Å²) in [7, 11) is 1.64. The molecule has 0 aliphatic carbocycles. The Kier molecular flexibility index (Phi) is 4.83. The van der Waals surface area contributed by atoms with Gasteiger partial charge in [-0.1, -0.05) is 15.9 Å². The lowest BCUT2D eigenvalue weighted by Crippen LogP contribution is -2.20. The van der Waals surface area contributed by atoms with Crippen LogP contribution in [0.25, 0.3) is 16.6 Å². The fraction of sp³-hybridized carbons (Fsp3) is 0.0952. The highest BCUT2D eigenvalue weighted by Gasteiger charge is 2.08. The highest BCUT2D eigenvalue weighted by atomic mass is 79.9. The number of halogens is 1. The van der Waals surface area contributed by atoms with Gasteiger partial charge in [-0.05, 0) is 61.5 Å². The van der Waals surface area contributed by atoms with Gasteiger partial charge < -0.3 is 9.30 Å². The molecule has 0 radical (unpaired) electrons. The fourth-order valence-electron chi connectivity index (χ4n) is 2.99. The monoisotopic (exact) mass is 436 g/mol. The smallest absolute Gasteiger partial charge is 0.282 e. The second-order valence-electron chi connectivity index (χ2n) is 6.18. The molecule has 0 saturated carbocycles. The van der Waals surface area contributed by atoms with E-state index in [9.17, 15) is 4.79 Å². The number of rotatable bonds is 4. The number of fused-ring (bicyclic) bond motifs is 1. The molecular weight excluding hydrogens is 420 g/mol. The molecule has 2 aromatic carbocycles. The second-order valence-corrected chi connectivity index (χ2v) is 7.10. The van der Waals surface area contributed by atoms with Crippen molar-refractivity contribution < 1.29 is 4.74 Å². The van der Waals surface area contributed by atoms with Gasteiger partial charge in [-0.3, -0.25) is 4.79 Å². The van der Waals surface area contributed by atoms with E-state index in [4.69, 9.17) is 4.74 Å². The minimum absolute atomic E-state index is 0.206. The van der Waals surface area contributed by atoms with Gasteiger partial charge in [0.05, 0.1) is 29.9 Å². The summed E-state index contributed by atoms with van der Waals surface area (Å²) in [5.74, 6) is 1.32. The maximum Gasteiger partial charge on any atom is 0.282 e. The third kappa shape index (κ3) is 3.36. The highest BCUT2D eigenvalue weighted by molar-refractivity contribution is 9.10. The van der Waals surface area contributed by atoms with Crippen LogP contribution in [0.2, 0.25) is 0 Å². The second kappa shape index (κ2) is 7.44. The van der Waals surface area contributed by atoms with Gasteiger partial charge in [-0.25, -0.2) is 4.98 Å². The lowest BCUT2D eigenvalue weighted by molar-refractivity contribution is 0.415. The zero-order valence-electron chi connectivity index (χ0n) is 15.3. The van der Waals surface area contributed by atoms with Gasteiger partial charge in [0.25, 0.3) is 5.56 Å². The molecule has 0 atom stereocenters. The third-order valence-electron chi connectivity index (χ3n) is 4.41. The van der Waals surface area contributed by atoms with Gasteiger partial charge in [-0.15, -0.1) is 0 Å². The Balaban J connectivity index is 1.74. The average Bonchev–Trinajstić information content (AvgIpc) is 3.17. The van der Waals surface area contributed by atoms with Crippen LogP contribution in [0.4, 0.5) is 0 Å². The molecule has 0 bridgehead atoms. The summed E-state index contributed by atoms with van der Waals surface area (Å²) < 4.78 is 9.33. The standard InChI is InChI=1S/C21H17BrN4O2/c1-14-24-20-10-5-15(22)12-19(20)21(27)26(14)23-13-17-4-3-11-25(17)16-6-8-18(28-2)9-7-16/h3-13H,1-2H3. The lowest BCUT2D eigenvalue weighted by atomic mass is 10.2. The van der Waals surface area contributed by atoms with Gasteiger partial charge in [-0.2, -0.15) is 9.78 Å². The van der Waals surface area contributed by atoms with Crippen molar-refractivity contribution in [3.05, 3.63) is 87.1 Å². The predicted molar refractivity (Wildman–Crippen MR) is 114 cm³/mol. The fourth-order valence-corrected chi connectivity index (χ4v) is 3.35.